The molecule has 3 amide bonds. The van der Waals surface area contributed by atoms with Gasteiger partial charge in [-0.25, -0.2) is 9.78 Å². The monoisotopic (exact) mass is 509 g/mol. The van der Waals surface area contributed by atoms with Gasteiger partial charge in [0.25, 0.3) is 5.91 Å². The molecule has 2 atom stereocenters. The van der Waals surface area contributed by atoms with Crippen LogP contribution in [0, 0.1) is 5.92 Å². The van der Waals surface area contributed by atoms with Crippen molar-refractivity contribution in [1.29, 1.82) is 0 Å². The molecular formula is C26H28ClN5O4. The highest BCUT2D eigenvalue weighted by atomic mass is 35.5. The summed E-state index contributed by atoms with van der Waals surface area (Å²) >= 11 is 6.27. The lowest BCUT2D eigenvalue weighted by Crippen LogP contribution is -2.57. The van der Waals surface area contributed by atoms with Crippen LogP contribution in [0.2, 0.25) is 5.02 Å². The van der Waals surface area contributed by atoms with E-state index in [9.17, 15) is 14.4 Å². The summed E-state index contributed by atoms with van der Waals surface area (Å²) in [6.07, 6.45) is 5.80. The van der Waals surface area contributed by atoms with Crippen LogP contribution in [0.25, 0.3) is 0 Å². The maximum atomic E-state index is 13.8. The Morgan fingerprint density at radius 1 is 1.31 bits per heavy atom. The molecule has 3 aliphatic heterocycles. The molecular weight excluding hydrogens is 482 g/mol. The summed E-state index contributed by atoms with van der Waals surface area (Å²) < 4.78 is 5.84. The Morgan fingerprint density at radius 2 is 2.17 bits per heavy atom. The largest absolute Gasteiger partial charge is 0.436 e. The fourth-order valence-corrected chi connectivity index (χ4v) is 5.73. The molecule has 10 heteroatoms. The van der Waals surface area contributed by atoms with Gasteiger partial charge in [0.1, 0.15) is 11.9 Å². The molecule has 36 heavy (non-hydrogen) atoms. The number of carbonyl (C=O) groups is 3. The van der Waals surface area contributed by atoms with Gasteiger partial charge in [0, 0.05) is 29.9 Å². The molecule has 1 saturated carbocycles. The molecule has 0 radical (unpaired) electrons. The summed E-state index contributed by atoms with van der Waals surface area (Å²) in [6, 6.07) is 6.47. The van der Waals surface area contributed by atoms with Gasteiger partial charge in [-0.15, -0.1) is 0 Å². The van der Waals surface area contributed by atoms with E-state index in [0.717, 1.165) is 42.8 Å². The van der Waals surface area contributed by atoms with Crippen LogP contribution >= 0.6 is 11.6 Å². The number of piperidine rings is 1. The second-order valence-electron chi connectivity index (χ2n) is 10.2. The van der Waals surface area contributed by atoms with Crippen LogP contribution in [0.5, 0.6) is 0 Å². The summed E-state index contributed by atoms with van der Waals surface area (Å²) in [5.41, 5.74) is 1.91. The van der Waals surface area contributed by atoms with Crippen LogP contribution in [0.1, 0.15) is 53.6 Å². The lowest BCUT2D eigenvalue weighted by molar-refractivity contribution is -0.141. The summed E-state index contributed by atoms with van der Waals surface area (Å²) in [5.74, 6) is 0.792. The molecule has 1 unspecified atom stereocenters. The highest BCUT2D eigenvalue weighted by Gasteiger charge is 2.47. The minimum atomic E-state index is -0.971. The first-order chi connectivity index (χ1) is 17.4. The Labute approximate surface area is 213 Å². The maximum absolute atomic E-state index is 13.8. The average Bonchev–Trinajstić information content (AvgIpc) is 3.56. The molecule has 188 valence electrons. The summed E-state index contributed by atoms with van der Waals surface area (Å²) in [6.45, 7) is 1.56. The smallest absolute Gasteiger partial charge is 0.412 e. The molecule has 2 aromatic rings. The number of carbonyl (C=O) groups excluding carboxylic acids is 3. The van der Waals surface area contributed by atoms with Gasteiger partial charge in [-0.05, 0) is 61.4 Å². The van der Waals surface area contributed by atoms with E-state index in [1.54, 1.807) is 29.3 Å². The van der Waals surface area contributed by atoms with Crippen molar-refractivity contribution in [2.45, 2.75) is 50.2 Å². The Hall–Kier alpha value is -3.33. The third-order valence-electron chi connectivity index (χ3n) is 7.55. The van der Waals surface area contributed by atoms with Crippen LogP contribution in [0.4, 0.5) is 16.3 Å². The highest BCUT2D eigenvalue weighted by Crippen LogP contribution is 2.43. The predicted octanol–water partition coefficient (Wildman–Crippen LogP) is 3.68. The van der Waals surface area contributed by atoms with Crippen LogP contribution in [0.15, 0.2) is 30.5 Å². The minimum Gasteiger partial charge on any atom is -0.436 e. The first kappa shape index (κ1) is 23.1. The highest BCUT2D eigenvalue weighted by molar-refractivity contribution is 6.30. The minimum absolute atomic E-state index is 0.150. The maximum Gasteiger partial charge on any atom is 0.412 e. The zero-order chi connectivity index (χ0) is 24.9. The van der Waals surface area contributed by atoms with Gasteiger partial charge in [-0.2, -0.15) is 0 Å². The molecule has 1 spiro atoms. The van der Waals surface area contributed by atoms with Crippen molar-refractivity contribution in [3.63, 3.8) is 0 Å². The van der Waals surface area contributed by atoms with E-state index in [0.29, 0.717) is 48.0 Å². The van der Waals surface area contributed by atoms with Crippen molar-refractivity contribution in [1.82, 2.24) is 15.2 Å². The Kier molecular flexibility index (Phi) is 5.75. The van der Waals surface area contributed by atoms with E-state index in [-0.39, 0.29) is 18.4 Å². The van der Waals surface area contributed by atoms with Crippen molar-refractivity contribution in [2.75, 3.05) is 30.3 Å². The van der Waals surface area contributed by atoms with Gasteiger partial charge in [0.15, 0.2) is 5.60 Å². The molecule has 6 rings (SSSR count). The number of benzene rings is 1. The van der Waals surface area contributed by atoms with Crippen LogP contribution in [0.3, 0.4) is 0 Å². The SMILES string of the molecule is O=C1Nc2ccc(Cl)cc2C2(CCCN(C(=O)[C@H](CC3CC3)NC(=O)c3cnc4c(c3)CCN4)C2)O1. The van der Waals surface area contributed by atoms with Crippen molar-refractivity contribution in [3.8, 4) is 0 Å². The number of nitrogens with zero attached hydrogens (tertiary/aromatic N) is 2. The van der Waals surface area contributed by atoms with E-state index < -0.39 is 17.7 Å². The van der Waals surface area contributed by atoms with Crippen LogP contribution in [-0.2, 0) is 21.6 Å². The van der Waals surface area contributed by atoms with Crippen molar-refractivity contribution >= 4 is 41.0 Å². The van der Waals surface area contributed by atoms with Gasteiger partial charge in [0.05, 0.1) is 17.8 Å². The fourth-order valence-electron chi connectivity index (χ4n) is 5.55. The van der Waals surface area contributed by atoms with E-state index in [4.69, 9.17) is 16.3 Å². The Morgan fingerprint density at radius 3 is 3.00 bits per heavy atom. The quantitative estimate of drug-likeness (QED) is 0.566. The van der Waals surface area contributed by atoms with Crippen LogP contribution in [-0.4, -0.2) is 53.5 Å². The second-order valence-corrected chi connectivity index (χ2v) is 10.6. The van der Waals surface area contributed by atoms with E-state index >= 15 is 0 Å². The number of likely N-dealkylation sites (tertiary alicyclic amines) is 1. The molecule has 0 bridgehead atoms. The Bertz CT molecular complexity index is 1250. The van der Waals surface area contributed by atoms with Crippen LogP contribution < -0.4 is 16.0 Å². The molecule has 1 aliphatic carbocycles. The zero-order valence-electron chi connectivity index (χ0n) is 19.8. The summed E-state index contributed by atoms with van der Waals surface area (Å²) in [4.78, 5) is 45.4. The number of anilines is 2. The van der Waals surface area contributed by atoms with Crippen molar-refractivity contribution < 1.29 is 19.1 Å². The number of hydrogen-bond donors (Lipinski definition) is 3. The van der Waals surface area contributed by atoms with Gasteiger partial charge < -0.3 is 20.3 Å². The lowest BCUT2D eigenvalue weighted by Gasteiger charge is -2.45. The third-order valence-corrected chi connectivity index (χ3v) is 7.78. The third kappa shape index (κ3) is 4.36. The molecule has 9 nitrogen and oxygen atoms in total. The van der Waals surface area contributed by atoms with E-state index in [1.807, 2.05) is 6.07 Å². The predicted molar refractivity (Wildman–Crippen MR) is 134 cm³/mol. The van der Waals surface area contributed by atoms with Crippen molar-refractivity contribution in [3.05, 3.63) is 52.2 Å². The Balaban J connectivity index is 1.23. The molecule has 1 aromatic carbocycles. The number of pyridine rings is 1. The molecule has 1 saturated heterocycles. The van der Waals surface area contributed by atoms with Gasteiger partial charge in [-0.3, -0.25) is 14.9 Å². The number of fused-ring (bicyclic) bond motifs is 3. The summed E-state index contributed by atoms with van der Waals surface area (Å²) in [5, 5.41) is 9.45. The molecule has 4 heterocycles. The van der Waals surface area contributed by atoms with E-state index in [1.165, 1.54) is 0 Å². The summed E-state index contributed by atoms with van der Waals surface area (Å²) in [7, 11) is 0. The number of nitrogens with one attached hydrogen (secondary N) is 3. The standard InChI is InChI=1S/C26H28ClN5O4/c27-18-4-5-20-19(12-18)26(36-25(35)31-20)7-1-9-32(14-26)24(34)21(10-15-2-3-15)30-23(33)17-11-16-6-8-28-22(16)29-13-17/h4-5,11-13,15,21H,1-3,6-10,14H2,(H,28,29)(H,30,33)(H,31,35)/t21-,26?/m0/s1. The molecule has 2 fully saturated rings. The zero-order valence-corrected chi connectivity index (χ0v) is 20.6. The fraction of sp³-hybridized carbons (Fsp3) is 0.462. The van der Waals surface area contributed by atoms with E-state index in [2.05, 4.69) is 20.9 Å². The molecule has 3 N–H and O–H groups in total. The average molecular weight is 510 g/mol. The first-order valence-corrected chi connectivity index (χ1v) is 12.9. The number of halogens is 1. The topological polar surface area (TPSA) is 113 Å². The van der Waals surface area contributed by atoms with Gasteiger partial charge in [-0.1, -0.05) is 24.4 Å². The normalized spacial score (nSPS) is 23.1. The number of ether oxygens (including phenoxy) is 1. The van der Waals surface area contributed by atoms with Crippen molar-refractivity contribution in [2.24, 2.45) is 5.92 Å². The lowest BCUT2D eigenvalue weighted by atomic mass is 9.83. The number of rotatable bonds is 5. The number of aromatic nitrogens is 1. The second kappa shape index (κ2) is 8.96. The van der Waals surface area contributed by atoms with Gasteiger partial charge in [0.2, 0.25) is 5.91 Å². The van der Waals surface area contributed by atoms with Gasteiger partial charge >= 0.3 is 6.09 Å². The molecule has 1 aromatic heterocycles. The number of amides is 3. The number of hydrogen-bond acceptors (Lipinski definition) is 6. The first-order valence-electron chi connectivity index (χ1n) is 12.5. The molecule has 4 aliphatic rings.